The molecule has 0 spiro atoms. The lowest BCUT2D eigenvalue weighted by atomic mass is 9.95. The van der Waals surface area contributed by atoms with E-state index in [1.165, 1.54) is 12.0 Å². The first-order chi connectivity index (χ1) is 15.9. The molecule has 1 fully saturated rings. The number of carbonyl (C=O) groups excluding carboxylic acids is 2. The number of nitrogens with zero attached hydrogens (tertiary/aromatic N) is 2. The Balaban J connectivity index is 1.86. The molecule has 0 aliphatic carbocycles. The summed E-state index contributed by atoms with van der Waals surface area (Å²) >= 11 is 0. The van der Waals surface area contributed by atoms with Gasteiger partial charge in [0.15, 0.2) is 0 Å². The first kappa shape index (κ1) is 22.1. The Morgan fingerprint density at radius 1 is 1.06 bits per heavy atom. The second kappa shape index (κ2) is 9.16. The second-order valence-corrected chi connectivity index (χ2v) is 7.77. The van der Waals surface area contributed by atoms with Crippen LogP contribution in [0, 0.1) is 6.92 Å². The minimum absolute atomic E-state index is 0.00501. The molecule has 0 radical (unpaired) electrons. The summed E-state index contributed by atoms with van der Waals surface area (Å²) in [7, 11) is 3.07. The molecule has 4 rings (SSSR count). The third-order valence-corrected chi connectivity index (χ3v) is 5.66. The third-order valence-electron chi connectivity index (χ3n) is 5.66. The van der Waals surface area contributed by atoms with Gasteiger partial charge in [0.05, 0.1) is 31.4 Å². The highest BCUT2D eigenvalue weighted by Crippen LogP contribution is 2.41. The van der Waals surface area contributed by atoms with Crippen molar-refractivity contribution in [3.63, 3.8) is 0 Å². The summed E-state index contributed by atoms with van der Waals surface area (Å²) < 4.78 is 10.6. The lowest BCUT2D eigenvalue weighted by Crippen LogP contribution is -2.29. The number of benzene rings is 2. The highest BCUT2D eigenvalue weighted by molar-refractivity contribution is 6.46. The third kappa shape index (κ3) is 4.17. The van der Waals surface area contributed by atoms with Crippen molar-refractivity contribution in [2.24, 2.45) is 0 Å². The minimum atomic E-state index is -0.800. The first-order valence-electron chi connectivity index (χ1n) is 10.4. The molecule has 1 aliphatic heterocycles. The molecule has 1 aliphatic rings. The summed E-state index contributed by atoms with van der Waals surface area (Å²) in [6.07, 6.45) is 3.21. The highest BCUT2D eigenvalue weighted by Gasteiger charge is 2.46. The predicted octanol–water partition coefficient (Wildman–Crippen LogP) is 4.03. The number of hydrogen-bond acceptors (Lipinski definition) is 6. The number of rotatable bonds is 6. The Bertz CT molecular complexity index is 1220. The number of aryl methyl sites for hydroxylation is 1. The Kier molecular flexibility index (Phi) is 6.13. The topological polar surface area (TPSA) is 89.0 Å². The normalized spacial score (nSPS) is 17.3. The van der Waals surface area contributed by atoms with Crippen molar-refractivity contribution >= 4 is 17.4 Å². The molecule has 1 aromatic heterocycles. The van der Waals surface area contributed by atoms with Gasteiger partial charge in [0.1, 0.15) is 17.3 Å². The monoisotopic (exact) mass is 444 g/mol. The molecule has 1 amide bonds. The fourth-order valence-electron chi connectivity index (χ4n) is 4.01. The van der Waals surface area contributed by atoms with E-state index >= 15 is 0 Å². The molecule has 1 unspecified atom stereocenters. The van der Waals surface area contributed by atoms with E-state index in [9.17, 15) is 14.7 Å². The molecule has 3 aromatic rings. The number of hydrogen-bond donors (Lipinski definition) is 1. The van der Waals surface area contributed by atoms with Crippen LogP contribution in [0.2, 0.25) is 0 Å². The first-order valence-corrected chi connectivity index (χ1v) is 10.4. The van der Waals surface area contributed by atoms with E-state index in [4.69, 9.17) is 9.47 Å². The van der Waals surface area contributed by atoms with Crippen LogP contribution in [0.1, 0.15) is 28.3 Å². The summed E-state index contributed by atoms with van der Waals surface area (Å²) in [4.78, 5) is 32.0. The van der Waals surface area contributed by atoms with Crippen LogP contribution in [-0.2, 0) is 16.1 Å². The van der Waals surface area contributed by atoms with Crippen LogP contribution in [0.15, 0.2) is 72.6 Å². The lowest BCUT2D eigenvalue weighted by Gasteiger charge is -2.25. The number of Topliss-reactive ketones (excluding diaryl/α,β-unsaturated/α-hetero) is 1. The van der Waals surface area contributed by atoms with Gasteiger partial charge in [-0.2, -0.15) is 0 Å². The van der Waals surface area contributed by atoms with Gasteiger partial charge in [-0.25, -0.2) is 0 Å². The maximum Gasteiger partial charge on any atom is 0.295 e. The largest absolute Gasteiger partial charge is 0.507 e. The molecule has 2 heterocycles. The molecule has 0 saturated carbocycles. The van der Waals surface area contributed by atoms with Gasteiger partial charge in [-0.3, -0.25) is 14.6 Å². The van der Waals surface area contributed by atoms with Crippen LogP contribution in [-0.4, -0.2) is 40.9 Å². The van der Waals surface area contributed by atoms with Gasteiger partial charge >= 0.3 is 0 Å². The van der Waals surface area contributed by atoms with E-state index in [1.807, 2.05) is 25.1 Å². The van der Waals surface area contributed by atoms with Crippen LogP contribution in [0.4, 0.5) is 0 Å². The molecule has 1 N–H and O–H groups in total. The molecular weight excluding hydrogens is 420 g/mol. The van der Waals surface area contributed by atoms with Crippen LogP contribution >= 0.6 is 0 Å². The van der Waals surface area contributed by atoms with Crippen LogP contribution in [0.25, 0.3) is 5.76 Å². The van der Waals surface area contributed by atoms with Crippen molar-refractivity contribution in [2.45, 2.75) is 19.5 Å². The van der Waals surface area contributed by atoms with E-state index in [-0.39, 0.29) is 17.9 Å². The number of pyridine rings is 1. The lowest BCUT2D eigenvalue weighted by molar-refractivity contribution is -0.140. The molecular formula is C26H24N2O5. The Morgan fingerprint density at radius 2 is 1.82 bits per heavy atom. The van der Waals surface area contributed by atoms with Gasteiger partial charge in [0, 0.05) is 18.9 Å². The van der Waals surface area contributed by atoms with Gasteiger partial charge in [-0.05, 0) is 48.4 Å². The quantitative estimate of drug-likeness (QED) is 0.351. The second-order valence-electron chi connectivity index (χ2n) is 7.77. The van der Waals surface area contributed by atoms with Crippen molar-refractivity contribution in [1.82, 2.24) is 9.88 Å². The van der Waals surface area contributed by atoms with Crippen molar-refractivity contribution in [3.8, 4) is 11.5 Å². The summed E-state index contributed by atoms with van der Waals surface area (Å²) in [5.74, 6) is -0.619. The van der Waals surface area contributed by atoms with Gasteiger partial charge in [-0.1, -0.05) is 29.8 Å². The number of methoxy groups -OCH3 is 2. The average molecular weight is 444 g/mol. The number of aromatic nitrogens is 1. The maximum atomic E-state index is 13.2. The van der Waals surface area contributed by atoms with Gasteiger partial charge < -0.3 is 19.5 Å². The molecule has 1 saturated heterocycles. The standard InChI is InChI=1S/C26H24N2O5/c1-16-6-11-21(33-3)20(13-16)24(29)22-23(18-5-4-12-27-14-18)28(26(31)25(22)30)15-17-7-9-19(32-2)10-8-17/h4-14,23,29H,15H2,1-3H3/b24-22+. The minimum Gasteiger partial charge on any atom is -0.507 e. The van der Waals surface area contributed by atoms with E-state index in [0.29, 0.717) is 22.6 Å². The van der Waals surface area contributed by atoms with E-state index < -0.39 is 17.7 Å². The number of ketones is 1. The van der Waals surface area contributed by atoms with Gasteiger partial charge in [0.2, 0.25) is 0 Å². The number of amides is 1. The Hall–Kier alpha value is -4.13. The zero-order chi connectivity index (χ0) is 23.5. The molecule has 0 bridgehead atoms. The maximum absolute atomic E-state index is 13.2. The number of aliphatic hydroxyl groups is 1. The van der Waals surface area contributed by atoms with Crippen molar-refractivity contribution < 1.29 is 24.2 Å². The van der Waals surface area contributed by atoms with E-state index in [0.717, 1.165) is 11.1 Å². The summed E-state index contributed by atoms with van der Waals surface area (Å²) in [5, 5.41) is 11.3. The summed E-state index contributed by atoms with van der Waals surface area (Å²) in [6.45, 7) is 2.05. The molecule has 7 nitrogen and oxygen atoms in total. The van der Waals surface area contributed by atoms with Gasteiger partial charge in [0.25, 0.3) is 11.7 Å². The molecule has 168 valence electrons. The fraction of sp³-hybridized carbons (Fsp3) is 0.192. The van der Waals surface area contributed by atoms with Crippen LogP contribution in [0.3, 0.4) is 0 Å². The SMILES string of the molecule is COc1ccc(CN2C(=O)C(=O)/C(=C(/O)c3cc(C)ccc3OC)C2c2cccnc2)cc1. The molecule has 2 aromatic carbocycles. The van der Waals surface area contributed by atoms with Crippen LogP contribution in [0.5, 0.6) is 11.5 Å². The van der Waals surface area contributed by atoms with E-state index in [1.54, 1.807) is 55.9 Å². The number of ether oxygens (including phenoxy) is 2. The Labute approximate surface area is 191 Å². The number of carbonyl (C=O) groups is 2. The van der Waals surface area contributed by atoms with Crippen molar-refractivity contribution in [2.75, 3.05) is 14.2 Å². The summed E-state index contributed by atoms with van der Waals surface area (Å²) in [5.41, 5.74) is 2.68. The number of likely N-dealkylation sites (tertiary alicyclic amines) is 1. The molecule has 1 atom stereocenters. The fourth-order valence-corrected chi connectivity index (χ4v) is 4.01. The Morgan fingerprint density at radius 3 is 2.45 bits per heavy atom. The summed E-state index contributed by atoms with van der Waals surface area (Å²) in [6, 6.07) is 15.3. The van der Waals surface area contributed by atoms with Gasteiger partial charge in [-0.15, -0.1) is 0 Å². The molecule has 7 heteroatoms. The predicted molar refractivity (Wildman–Crippen MR) is 123 cm³/mol. The highest BCUT2D eigenvalue weighted by atomic mass is 16.5. The smallest absolute Gasteiger partial charge is 0.295 e. The van der Waals surface area contributed by atoms with Crippen LogP contribution < -0.4 is 9.47 Å². The van der Waals surface area contributed by atoms with Crippen molar-refractivity contribution in [3.05, 3.63) is 94.8 Å². The zero-order valence-corrected chi connectivity index (χ0v) is 18.6. The zero-order valence-electron chi connectivity index (χ0n) is 18.6. The number of aliphatic hydroxyl groups excluding tert-OH is 1. The van der Waals surface area contributed by atoms with Crippen molar-refractivity contribution in [1.29, 1.82) is 0 Å². The molecule has 33 heavy (non-hydrogen) atoms. The van der Waals surface area contributed by atoms with E-state index in [2.05, 4.69) is 4.98 Å². The average Bonchev–Trinajstić information content (AvgIpc) is 3.09.